The van der Waals surface area contributed by atoms with Gasteiger partial charge in [-0.1, -0.05) is 0 Å². The molecule has 118 valence electrons. The third kappa shape index (κ3) is 2.36. The average molecular weight is 301 g/mol. The van der Waals surface area contributed by atoms with Crippen LogP contribution in [-0.4, -0.2) is 34.6 Å². The van der Waals surface area contributed by atoms with Gasteiger partial charge in [-0.3, -0.25) is 9.59 Å². The Morgan fingerprint density at radius 2 is 1.82 bits per heavy atom. The van der Waals surface area contributed by atoms with E-state index in [2.05, 4.69) is 10.2 Å². The van der Waals surface area contributed by atoms with Gasteiger partial charge >= 0.3 is 0 Å². The quantitative estimate of drug-likeness (QED) is 0.929. The zero-order valence-corrected chi connectivity index (χ0v) is 13.0. The van der Waals surface area contributed by atoms with Gasteiger partial charge in [0.15, 0.2) is 0 Å². The summed E-state index contributed by atoms with van der Waals surface area (Å²) in [4.78, 5) is 25.4. The molecule has 1 aromatic heterocycles. The van der Waals surface area contributed by atoms with Crippen molar-refractivity contribution in [3.05, 3.63) is 28.2 Å². The fourth-order valence-corrected chi connectivity index (χ4v) is 5.72. The van der Waals surface area contributed by atoms with Crippen molar-refractivity contribution in [2.75, 3.05) is 13.6 Å². The number of carbonyl (C=O) groups is 1. The molecule has 5 heteroatoms. The van der Waals surface area contributed by atoms with Crippen molar-refractivity contribution in [1.29, 1.82) is 0 Å². The summed E-state index contributed by atoms with van der Waals surface area (Å²) in [6, 6.07) is 2.87. The molecule has 4 aliphatic rings. The topological polar surface area (TPSA) is 66.1 Å². The molecular formula is C17H23N3O2. The molecule has 1 N–H and O–H groups in total. The largest absolute Gasteiger partial charge is 0.340 e. The maximum atomic E-state index is 12.5. The van der Waals surface area contributed by atoms with Gasteiger partial charge in [0.25, 0.3) is 11.5 Å². The molecule has 1 heterocycles. The Labute approximate surface area is 130 Å². The van der Waals surface area contributed by atoms with Crippen molar-refractivity contribution < 1.29 is 4.79 Å². The first-order valence-electron chi connectivity index (χ1n) is 8.34. The molecule has 5 rings (SSSR count). The first-order valence-corrected chi connectivity index (χ1v) is 8.34. The number of hydrogen-bond acceptors (Lipinski definition) is 3. The molecule has 0 atom stereocenters. The lowest BCUT2D eigenvalue weighted by Crippen LogP contribution is -2.51. The number of hydrogen-bond donors (Lipinski definition) is 1. The van der Waals surface area contributed by atoms with Crippen molar-refractivity contribution in [1.82, 2.24) is 15.1 Å². The second kappa shape index (κ2) is 4.93. The van der Waals surface area contributed by atoms with E-state index >= 15 is 0 Å². The van der Waals surface area contributed by atoms with Crippen LogP contribution in [0.5, 0.6) is 0 Å². The van der Waals surface area contributed by atoms with Crippen LogP contribution >= 0.6 is 0 Å². The Bertz CT molecular complexity index is 596. The van der Waals surface area contributed by atoms with E-state index in [1.54, 1.807) is 0 Å². The molecule has 0 radical (unpaired) electrons. The highest BCUT2D eigenvalue weighted by molar-refractivity contribution is 5.91. The third-order valence-electron chi connectivity index (χ3n) is 5.98. The minimum atomic E-state index is -0.278. The first-order chi connectivity index (χ1) is 10.5. The van der Waals surface area contributed by atoms with Gasteiger partial charge in [-0.15, -0.1) is 0 Å². The van der Waals surface area contributed by atoms with Crippen molar-refractivity contribution in [3.8, 4) is 0 Å². The minimum absolute atomic E-state index is 0.0907. The van der Waals surface area contributed by atoms with E-state index in [1.165, 1.54) is 50.7 Å². The number of aromatic amines is 1. The maximum Gasteiger partial charge on any atom is 0.274 e. The lowest BCUT2D eigenvalue weighted by molar-refractivity contribution is -0.0629. The molecule has 4 aliphatic carbocycles. The van der Waals surface area contributed by atoms with Crippen LogP contribution in [0.25, 0.3) is 0 Å². The zero-order valence-electron chi connectivity index (χ0n) is 13.0. The summed E-state index contributed by atoms with van der Waals surface area (Å²) in [5.41, 5.74) is 0.383. The van der Waals surface area contributed by atoms with Gasteiger partial charge in [-0.2, -0.15) is 5.10 Å². The Morgan fingerprint density at radius 3 is 2.32 bits per heavy atom. The highest BCUT2D eigenvalue weighted by Crippen LogP contribution is 2.60. The van der Waals surface area contributed by atoms with Crippen LogP contribution in [0, 0.1) is 23.2 Å². The second-order valence-electron chi connectivity index (χ2n) is 7.89. The van der Waals surface area contributed by atoms with Crippen LogP contribution in [0.4, 0.5) is 0 Å². The lowest BCUT2D eigenvalue weighted by Gasteiger charge is -2.57. The van der Waals surface area contributed by atoms with Gasteiger partial charge in [0.05, 0.1) is 0 Å². The van der Waals surface area contributed by atoms with Crippen LogP contribution in [0.1, 0.15) is 49.0 Å². The number of nitrogens with one attached hydrogen (secondary N) is 1. The van der Waals surface area contributed by atoms with Gasteiger partial charge in [-0.05, 0) is 67.8 Å². The van der Waals surface area contributed by atoms with Crippen molar-refractivity contribution in [2.24, 2.45) is 23.2 Å². The number of H-pyrrole nitrogens is 1. The van der Waals surface area contributed by atoms with Gasteiger partial charge in [0.1, 0.15) is 5.69 Å². The van der Waals surface area contributed by atoms with Crippen LogP contribution < -0.4 is 5.56 Å². The smallest absolute Gasteiger partial charge is 0.274 e. The van der Waals surface area contributed by atoms with Crippen molar-refractivity contribution >= 4 is 5.91 Å². The number of aromatic nitrogens is 2. The fraction of sp³-hybridized carbons (Fsp3) is 0.706. The summed E-state index contributed by atoms with van der Waals surface area (Å²) in [5, 5.41) is 6.21. The van der Waals surface area contributed by atoms with E-state index in [4.69, 9.17) is 0 Å². The van der Waals surface area contributed by atoms with Crippen LogP contribution in [-0.2, 0) is 0 Å². The van der Waals surface area contributed by atoms with E-state index < -0.39 is 0 Å². The van der Waals surface area contributed by atoms with E-state index in [9.17, 15) is 9.59 Å². The molecule has 4 fully saturated rings. The zero-order chi connectivity index (χ0) is 15.3. The second-order valence-corrected chi connectivity index (χ2v) is 7.89. The van der Waals surface area contributed by atoms with Crippen LogP contribution in [0.2, 0.25) is 0 Å². The Morgan fingerprint density at radius 1 is 1.23 bits per heavy atom. The summed E-state index contributed by atoms with van der Waals surface area (Å²) in [6.07, 6.45) is 8.11. The number of nitrogens with zero attached hydrogens (tertiary/aromatic N) is 2. The predicted molar refractivity (Wildman–Crippen MR) is 82.4 cm³/mol. The number of rotatable bonds is 3. The molecule has 0 unspecified atom stereocenters. The molecule has 0 saturated heterocycles. The van der Waals surface area contributed by atoms with Crippen LogP contribution in [0.3, 0.4) is 0 Å². The summed E-state index contributed by atoms with van der Waals surface area (Å²) in [6.45, 7) is 0.830. The number of amides is 1. The first kappa shape index (κ1) is 14.0. The van der Waals surface area contributed by atoms with Crippen molar-refractivity contribution in [3.63, 3.8) is 0 Å². The standard InChI is InChI=1S/C17H23N3O2/c1-20(16(22)14-2-3-15(21)19-18-14)10-17-7-11-4-12(8-17)6-13(5-11)9-17/h2-3,11-13H,4-10H2,1H3,(H,19,21). The van der Waals surface area contributed by atoms with Crippen molar-refractivity contribution in [2.45, 2.75) is 38.5 Å². The summed E-state index contributed by atoms with van der Waals surface area (Å²) < 4.78 is 0. The van der Waals surface area contributed by atoms with Gasteiger partial charge in [0.2, 0.25) is 0 Å². The van der Waals surface area contributed by atoms with E-state index in [0.29, 0.717) is 11.1 Å². The van der Waals surface area contributed by atoms with E-state index in [1.807, 2.05) is 11.9 Å². The highest BCUT2D eigenvalue weighted by atomic mass is 16.2. The number of carbonyl (C=O) groups excluding carboxylic acids is 1. The normalized spacial score (nSPS) is 35.6. The Kier molecular flexibility index (Phi) is 3.13. The Balaban J connectivity index is 1.49. The van der Waals surface area contributed by atoms with Gasteiger partial charge < -0.3 is 4.90 Å². The molecule has 0 spiro atoms. The molecule has 1 amide bonds. The fourth-order valence-electron chi connectivity index (χ4n) is 5.72. The molecular weight excluding hydrogens is 278 g/mol. The molecule has 4 saturated carbocycles. The highest BCUT2D eigenvalue weighted by Gasteiger charge is 2.51. The molecule has 22 heavy (non-hydrogen) atoms. The van der Waals surface area contributed by atoms with E-state index in [0.717, 1.165) is 24.3 Å². The molecule has 4 bridgehead atoms. The monoisotopic (exact) mass is 301 g/mol. The van der Waals surface area contributed by atoms with Gasteiger partial charge in [-0.25, -0.2) is 5.10 Å². The molecule has 5 nitrogen and oxygen atoms in total. The maximum absolute atomic E-state index is 12.5. The molecule has 1 aromatic rings. The summed E-state index contributed by atoms with van der Waals surface area (Å²) >= 11 is 0. The van der Waals surface area contributed by atoms with E-state index in [-0.39, 0.29) is 11.5 Å². The third-order valence-corrected chi connectivity index (χ3v) is 5.98. The SMILES string of the molecule is CN(CC12CC3CC(CC(C3)C1)C2)C(=O)c1ccc(=O)[nH]n1. The minimum Gasteiger partial charge on any atom is -0.340 e. The summed E-state index contributed by atoms with van der Waals surface area (Å²) in [7, 11) is 1.87. The summed E-state index contributed by atoms with van der Waals surface area (Å²) in [5.74, 6) is 2.58. The molecule has 0 aliphatic heterocycles. The average Bonchev–Trinajstić information content (AvgIpc) is 2.45. The molecule has 0 aromatic carbocycles. The lowest BCUT2D eigenvalue weighted by atomic mass is 9.49. The van der Waals surface area contributed by atoms with Crippen LogP contribution in [0.15, 0.2) is 16.9 Å². The van der Waals surface area contributed by atoms with Gasteiger partial charge in [0, 0.05) is 19.7 Å². The predicted octanol–water partition coefficient (Wildman–Crippen LogP) is 2.06. The Hall–Kier alpha value is -1.65.